The molecule has 1 aromatic carbocycles. The number of nitrogens with one attached hydrogen (secondary N) is 1. The molecule has 0 aliphatic carbocycles. The van der Waals surface area contributed by atoms with Gasteiger partial charge in [0.1, 0.15) is 11.9 Å². The van der Waals surface area contributed by atoms with E-state index in [1.54, 1.807) is 0 Å². The van der Waals surface area contributed by atoms with E-state index in [2.05, 4.69) is 12.6 Å². The van der Waals surface area contributed by atoms with Crippen molar-refractivity contribution < 1.29 is 22.7 Å². The zero-order chi connectivity index (χ0) is 13.1. The molecule has 8 heteroatoms. The van der Waals surface area contributed by atoms with Crippen LogP contribution >= 0.6 is 12.6 Å². The third kappa shape index (κ3) is 3.69. The van der Waals surface area contributed by atoms with Gasteiger partial charge in [0.15, 0.2) is 0 Å². The quantitative estimate of drug-likeness (QED) is 0.685. The average Bonchev–Trinajstić information content (AvgIpc) is 2.25. The standard InChI is InChI=1S/C9H10FNO4S2/c10-6-2-1-3-7(4-6)17(14,15)11-8(5-16)9(12)13/h1-4,8,11,16H,5H2,(H,12,13). The Balaban J connectivity index is 3.00. The predicted molar refractivity (Wildman–Crippen MR) is 62.0 cm³/mol. The van der Waals surface area contributed by atoms with Gasteiger partial charge >= 0.3 is 5.97 Å². The number of carboxylic acid groups (broad SMARTS) is 1. The molecule has 1 rings (SSSR count). The molecule has 2 N–H and O–H groups in total. The van der Waals surface area contributed by atoms with Crippen LogP contribution in [0.5, 0.6) is 0 Å². The van der Waals surface area contributed by atoms with Crippen molar-refractivity contribution in [1.29, 1.82) is 0 Å². The Morgan fingerprint density at radius 1 is 1.53 bits per heavy atom. The first-order valence-electron chi connectivity index (χ1n) is 4.48. The second kappa shape index (κ2) is 5.48. The normalized spacial score (nSPS) is 13.3. The van der Waals surface area contributed by atoms with Crippen LogP contribution < -0.4 is 4.72 Å². The van der Waals surface area contributed by atoms with Crippen LogP contribution in [-0.2, 0) is 14.8 Å². The second-order valence-electron chi connectivity index (χ2n) is 3.15. The van der Waals surface area contributed by atoms with Gasteiger partial charge in [-0.05, 0) is 18.2 Å². The van der Waals surface area contributed by atoms with Crippen LogP contribution in [0.1, 0.15) is 0 Å². The lowest BCUT2D eigenvalue weighted by atomic mass is 10.4. The number of hydrogen-bond acceptors (Lipinski definition) is 4. The van der Waals surface area contributed by atoms with Gasteiger partial charge in [0.05, 0.1) is 4.90 Å². The predicted octanol–water partition coefficient (Wildman–Crippen LogP) is 0.487. The third-order valence-electron chi connectivity index (χ3n) is 1.88. The van der Waals surface area contributed by atoms with Crippen molar-refractivity contribution in [1.82, 2.24) is 4.72 Å². The van der Waals surface area contributed by atoms with Crippen molar-refractivity contribution in [3.63, 3.8) is 0 Å². The Hall–Kier alpha value is -1.12. The van der Waals surface area contributed by atoms with Gasteiger partial charge in [-0.25, -0.2) is 12.8 Å². The second-order valence-corrected chi connectivity index (χ2v) is 5.23. The van der Waals surface area contributed by atoms with Crippen molar-refractivity contribution in [3.8, 4) is 0 Å². The Kier molecular flexibility index (Phi) is 4.49. The molecule has 0 saturated heterocycles. The van der Waals surface area contributed by atoms with E-state index in [0.29, 0.717) is 0 Å². The molecule has 1 aromatic rings. The molecule has 0 aromatic heterocycles. The molecule has 0 aliphatic rings. The lowest BCUT2D eigenvalue weighted by Crippen LogP contribution is -2.42. The molecule has 5 nitrogen and oxygen atoms in total. The van der Waals surface area contributed by atoms with Crippen molar-refractivity contribution in [2.45, 2.75) is 10.9 Å². The van der Waals surface area contributed by atoms with E-state index in [1.807, 2.05) is 4.72 Å². The SMILES string of the molecule is O=C(O)C(CS)NS(=O)(=O)c1cccc(F)c1. The molecule has 1 atom stereocenters. The zero-order valence-electron chi connectivity index (χ0n) is 8.50. The monoisotopic (exact) mass is 279 g/mol. The lowest BCUT2D eigenvalue weighted by Gasteiger charge is -2.12. The summed E-state index contributed by atoms with van der Waals surface area (Å²) in [4.78, 5) is 10.3. The van der Waals surface area contributed by atoms with E-state index in [1.165, 1.54) is 12.1 Å². The number of carbonyl (C=O) groups is 1. The van der Waals surface area contributed by atoms with Crippen LogP contribution in [0.25, 0.3) is 0 Å². The minimum atomic E-state index is -4.06. The van der Waals surface area contributed by atoms with Crippen LogP contribution in [0.3, 0.4) is 0 Å². The highest BCUT2D eigenvalue weighted by molar-refractivity contribution is 7.89. The molecule has 0 aliphatic heterocycles. The van der Waals surface area contributed by atoms with E-state index < -0.39 is 27.9 Å². The summed E-state index contributed by atoms with van der Waals surface area (Å²) in [5.74, 6) is -2.27. The first-order chi connectivity index (χ1) is 7.86. The fourth-order valence-electron chi connectivity index (χ4n) is 1.06. The molecule has 17 heavy (non-hydrogen) atoms. The molecule has 94 valence electrons. The molecule has 0 spiro atoms. The van der Waals surface area contributed by atoms with E-state index in [9.17, 15) is 17.6 Å². The molecule has 0 heterocycles. The van der Waals surface area contributed by atoms with Gasteiger partial charge in [-0.2, -0.15) is 17.4 Å². The first kappa shape index (κ1) is 13.9. The lowest BCUT2D eigenvalue weighted by molar-refractivity contribution is -0.138. The zero-order valence-corrected chi connectivity index (χ0v) is 10.2. The summed E-state index contributed by atoms with van der Waals surface area (Å²) >= 11 is 3.72. The maximum Gasteiger partial charge on any atom is 0.322 e. The number of benzene rings is 1. The molecule has 1 unspecified atom stereocenters. The van der Waals surface area contributed by atoms with Gasteiger partial charge in [0.25, 0.3) is 0 Å². The van der Waals surface area contributed by atoms with Gasteiger partial charge in [-0.3, -0.25) is 4.79 Å². The fourth-order valence-corrected chi connectivity index (χ4v) is 2.65. The van der Waals surface area contributed by atoms with Gasteiger partial charge in [-0.15, -0.1) is 0 Å². The van der Waals surface area contributed by atoms with Crippen molar-refractivity contribution >= 4 is 28.6 Å². The van der Waals surface area contributed by atoms with Gasteiger partial charge < -0.3 is 5.11 Å². The number of halogens is 1. The number of sulfonamides is 1. The number of carboxylic acids is 1. The Morgan fingerprint density at radius 2 is 2.18 bits per heavy atom. The van der Waals surface area contributed by atoms with E-state index in [-0.39, 0.29) is 10.6 Å². The Bertz CT molecular complexity index is 517. The topological polar surface area (TPSA) is 83.5 Å². The number of hydrogen-bond donors (Lipinski definition) is 3. The number of rotatable bonds is 5. The summed E-state index contributed by atoms with van der Waals surface area (Å²) in [6.45, 7) is 0. The summed E-state index contributed by atoms with van der Waals surface area (Å²) in [6, 6.07) is 2.93. The number of thiol groups is 1. The summed E-state index contributed by atoms with van der Waals surface area (Å²) in [5, 5.41) is 8.69. The highest BCUT2D eigenvalue weighted by atomic mass is 32.2. The molecular formula is C9H10FNO4S2. The molecule has 0 radical (unpaired) electrons. The van der Waals surface area contributed by atoms with Gasteiger partial charge in [0.2, 0.25) is 10.0 Å². The summed E-state index contributed by atoms with van der Waals surface area (Å²) in [7, 11) is -4.06. The molecule has 0 saturated carbocycles. The maximum atomic E-state index is 12.9. The molecule has 0 fully saturated rings. The van der Waals surface area contributed by atoms with Crippen LogP contribution in [0.4, 0.5) is 4.39 Å². The largest absolute Gasteiger partial charge is 0.480 e. The van der Waals surface area contributed by atoms with Crippen molar-refractivity contribution in [2.75, 3.05) is 5.75 Å². The minimum absolute atomic E-state index is 0.204. The minimum Gasteiger partial charge on any atom is -0.480 e. The van der Waals surface area contributed by atoms with Crippen LogP contribution in [0.2, 0.25) is 0 Å². The molecule has 0 bridgehead atoms. The average molecular weight is 279 g/mol. The maximum absolute atomic E-state index is 12.9. The highest BCUT2D eigenvalue weighted by Crippen LogP contribution is 2.11. The Labute approximate surface area is 103 Å². The van der Waals surface area contributed by atoms with Crippen LogP contribution in [0, 0.1) is 5.82 Å². The van der Waals surface area contributed by atoms with Crippen LogP contribution in [0.15, 0.2) is 29.2 Å². The van der Waals surface area contributed by atoms with Crippen LogP contribution in [-0.4, -0.2) is 31.3 Å². The molecular weight excluding hydrogens is 269 g/mol. The fraction of sp³-hybridized carbons (Fsp3) is 0.222. The summed E-state index contributed by atoms with van der Waals surface area (Å²) in [5.41, 5.74) is 0. The van der Waals surface area contributed by atoms with E-state index >= 15 is 0 Å². The van der Waals surface area contributed by atoms with Crippen molar-refractivity contribution in [3.05, 3.63) is 30.1 Å². The summed E-state index contributed by atoms with van der Waals surface area (Å²) < 4.78 is 38.1. The first-order valence-corrected chi connectivity index (χ1v) is 6.60. The van der Waals surface area contributed by atoms with E-state index in [4.69, 9.17) is 5.11 Å². The molecule has 0 amide bonds. The highest BCUT2D eigenvalue weighted by Gasteiger charge is 2.24. The summed E-state index contributed by atoms with van der Waals surface area (Å²) in [6.07, 6.45) is 0. The van der Waals surface area contributed by atoms with Gasteiger partial charge in [-0.1, -0.05) is 6.07 Å². The number of aliphatic carboxylic acids is 1. The third-order valence-corrected chi connectivity index (χ3v) is 3.72. The van der Waals surface area contributed by atoms with E-state index in [0.717, 1.165) is 12.1 Å². The smallest absolute Gasteiger partial charge is 0.322 e. The van der Waals surface area contributed by atoms with Gasteiger partial charge in [0, 0.05) is 5.75 Å². The van der Waals surface area contributed by atoms with Crippen molar-refractivity contribution in [2.24, 2.45) is 0 Å². The Morgan fingerprint density at radius 3 is 2.65 bits per heavy atom.